The van der Waals surface area contributed by atoms with Gasteiger partial charge in [0.05, 0.1) is 25.3 Å². The molecule has 0 aliphatic carbocycles. The molecule has 2 aromatic carbocycles. The van der Waals surface area contributed by atoms with Gasteiger partial charge in [-0.3, -0.25) is 14.9 Å². The smallest absolute Gasteiger partial charge is 0.252 e. The fourth-order valence-electron chi connectivity index (χ4n) is 3.07. The number of carbonyl (C=O) groups excluding carboxylic acids is 2. The molecule has 0 bridgehead atoms. The van der Waals surface area contributed by atoms with Crippen molar-refractivity contribution in [1.29, 1.82) is 0 Å². The molecule has 0 aliphatic rings. The third-order valence-corrected chi connectivity index (χ3v) is 5.03. The second-order valence-electron chi connectivity index (χ2n) is 7.03. The van der Waals surface area contributed by atoms with Gasteiger partial charge in [0.25, 0.3) is 5.91 Å². The van der Waals surface area contributed by atoms with Gasteiger partial charge in [-0.05, 0) is 30.2 Å². The van der Waals surface area contributed by atoms with E-state index in [0.717, 1.165) is 11.0 Å². The number of H-pyrrole nitrogens is 1. The Morgan fingerprint density at radius 1 is 1.10 bits per heavy atom. The van der Waals surface area contributed by atoms with Crippen LogP contribution in [0.1, 0.15) is 30.6 Å². The summed E-state index contributed by atoms with van der Waals surface area (Å²) in [5.74, 6) is 0.499. The molecule has 0 aliphatic heterocycles. The summed E-state index contributed by atoms with van der Waals surface area (Å²) >= 11 is 0. The number of fused-ring (bicyclic) bond motifs is 1. The molecular weight excluding hydrogens is 384 g/mol. The normalized spacial score (nSPS) is 12.8. The lowest BCUT2D eigenvalue weighted by atomic mass is 9.98. The molecule has 0 spiro atoms. The van der Waals surface area contributed by atoms with E-state index in [1.807, 2.05) is 38.1 Å². The van der Waals surface area contributed by atoms with E-state index in [0.29, 0.717) is 29.4 Å². The largest absolute Gasteiger partial charge is 0.497 e. The maximum Gasteiger partial charge on any atom is 0.252 e. The Kier molecular flexibility index (Phi) is 6.56. The fourth-order valence-corrected chi connectivity index (χ4v) is 3.07. The number of ether oxygens (including phenoxy) is 2. The summed E-state index contributed by atoms with van der Waals surface area (Å²) in [6.45, 7) is 3.88. The summed E-state index contributed by atoms with van der Waals surface area (Å²) in [6, 6.07) is 11.6. The van der Waals surface area contributed by atoms with Crippen LogP contribution >= 0.6 is 0 Å². The van der Waals surface area contributed by atoms with Gasteiger partial charge in [-0.1, -0.05) is 32.4 Å². The predicted molar refractivity (Wildman–Crippen MR) is 115 cm³/mol. The predicted octanol–water partition coefficient (Wildman–Crippen LogP) is 3.36. The van der Waals surface area contributed by atoms with Gasteiger partial charge >= 0.3 is 0 Å². The number of nitrogens with one attached hydrogen (secondary N) is 3. The van der Waals surface area contributed by atoms with Crippen LogP contribution in [0.15, 0.2) is 42.5 Å². The van der Waals surface area contributed by atoms with Gasteiger partial charge in [0.1, 0.15) is 17.5 Å². The SMILES string of the molecule is CC[C@H](C)[C@@H](NC(=O)c1cc(OC)cc(OC)c1)C(=O)Nc1nc2ccccc2[nH]1. The van der Waals surface area contributed by atoms with E-state index in [2.05, 4.69) is 20.6 Å². The zero-order chi connectivity index (χ0) is 21.7. The number of imidazole rings is 1. The first-order valence-electron chi connectivity index (χ1n) is 9.74. The van der Waals surface area contributed by atoms with E-state index >= 15 is 0 Å². The molecule has 0 saturated heterocycles. The maximum atomic E-state index is 13.0. The fraction of sp³-hybridized carbons (Fsp3) is 0.318. The molecule has 8 heteroatoms. The molecule has 3 N–H and O–H groups in total. The van der Waals surface area contributed by atoms with Crippen molar-refractivity contribution in [2.75, 3.05) is 19.5 Å². The minimum absolute atomic E-state index is 0.0918. The maximum absolute atomic E-state index is 13.0. The van der Waals surface area contributed by atoms with Crippen LogP contribution in [-0.4, -0.2) is 42.0 Å². The van der Waals surface area contributed by atoms with Crippen LogP contribution in [-0.2, 0) is 4.79 Å². The Morgan fingerprint density at radius 3 is 2.37 bits per heavy atom. The molecule has 30 heavy (non-hydrogen) atoms. The number of rotatable bonds is 8. The number of carbonyl (C=O) groups is 2. The number of benzene rings is 2. The standard InChI is InChI=1S/C22H26N4O4/c1-5-13(2)19(21(28)26-22-23-17-8-6-7-9-18(17)24-22)25-20(27)14-10-15(29-3)12-16(11-14)30-4/h6-13,19H,5H2,1-4H3,(H,25,27)(H2,23,24,26,28)/t13-,19+/m0/s1. The van der Waals surface area contributed by atoms with Crippen LogP contribution in [0.4, 0.5) is 5.95 Å². The molecule has 1 heterocycles. The van der Waals surface area contributed by atoms with Crippen LogP contribution in [0.25, 0.3) is 11.0 Å². The van der Waals surface area contributed by atoms with Crippen molar-refractivity contribution in [2.24, 2.45) is 5.92 Å². The Hall–Kier alpha value is -3.55. The Morgan fingerprint density at radius 2 is 1.77 bits per heavy atom. The van der Waals surface area contributed by atoms with Crippen molar-refractivity contribution in [3.05, 3.63) is 48.0 Å². The van der Waals surface area contributed by atoms with Crippen LogP contribution < -0.4 is 20.1 Å². The molecule has 0 saturated carbocycles. The molecule has 2 amide bonds. The molecule has 8 nitrogen and oxygen atoms in total. The van der Waals surface area contributed by atoms with Gasteiger partial charge in [-0.25, -0.2) is 4.98 Å². The summed E-state index contributed by atoms with van der Waals surface area (Å²) in [4.78, 5) is 33.3. The average molecular weight is 410 g/mol. The Bertz CT molecular complexity index is 991. The number of hydrogen-bond acceptors (Lipinski definition) is 5. The zero-order valence-corrected chi connectivity index (χ0v) is 17.5. The summed E-state index contributed by atoms with van der Waals surface area (Å²) in [6.07, 6.45) is 0.708. The summed E-state index contributed by atoms with van der Waals surface area (Å²) in [5, 5.41) is 5.62. The van der Waals surface area contributed by atoms with Gasteiger partial charge in [-0.15, -0.1) is 0 Å². The van der Waals surface area contributed by atoms with Gasteiger partial charge in [0.15, 0.2) is 0 Å². The first kappa shape index (κ1) is 21.2. The second kappa shape index (κ2) is 9.30. The van der Waals surface area contributed by atoms with Crippen LogP contribution in [0.5, 0.6) is 11.5 Å². The first-order chi connectivity index (χ1) is 14.4. The molecule has 3 rings (SSSR count). The molecule has 2 atom stereocenters. The van der Waals surface area contributed by atoms with Crippen molar-refractivity contribution in [3.63, 3.8) is 0 Å². The number of methoxy groups -OCH3 is 2. The van der Waals surface area contributed by atoms with Crippen LogP contribution in [0.3, 0.4) is 0 Å². The molecule has 3 aromatic rings. The zero-order valence-electron chi connectivity index (χ0n) is 17.5. The lowest BCUT2D eigenvalue weighted by molar-refractivity contribution is -0.119. The van der Waals surface area contributed by atoms with Crippen LogP contribution in [0.2, 0.25) is 0 Å². The Labute approximate surface area is 175 Å². The lowest BCUT2D eigenvalue weighted by Gasteiger charge is -2.23. The monoisotopic (exact) mass is 410 g/mol. The lowest BCUT2D eigenvalue weighted by Crippen LogP contribution is -2.47. The summed E-state index contributed by atoms with van der Waals surface area (Å²) in [7, 11) is 3.03. The quantitative estimate of drug-likeness (QED) is 0.528. The molecule has 158 valence electrons. The molecular formula is C22H26N4O4. The average Bonchev–Trinajstić information content (AvgIpc) is 3.18. The minimum Gasteiger partial charge on any atom is -0.497 e. The number of nitrogens with zero attached hydrogens (tertiary/aromatic N) is 1. The number of hydrogen-bond donors (Lipinski definition) is 3. The van der Waals surface area contributed by atoms with Gasteiger partial charge in [-0.2, -0.15) is 0 Å². The third-order valence-electron chi connectivity index (χ3n) is 5.03. The van der Waals surface area contributed by atoms with Crippen molar-refractivity contribution >= 4 is 28.8 Å². The summed E-state index contributed by atoms with van der Waals surface area (Å²) < 4.78 is 10.4. The number of aromatic amines is 1. The first-order valence-corrected chi connectivity index (χ1v) is 9.74. The molecule has 0 fully saturated rings. The highest BCUT2D eigenvalue weighted by Gasteiger charge is 2.27. The van der Waals surface area contributed by atoms with Gasteiger partial charge < -0.3 is 19.8 Å². The molecule has 0 radical (unpaired) electrons. The number of aromatic nitrogens is 2. The minimum atomic E-state index is -0.743. The highest BCUT2D eigenvalue weighted by molar-refractivity contribution is 6.01. The van der Waals surface area contributed by atoms with E-state index in [4.69, 9.17) is 9.47 Å². The number of amides is 2. The molecule has 1 aromatic heterocycles. The van der Waals surface area contributed by atoms with E-state index in [1.54, 1.807) is 18.2 Å². The van der Waals surface area contributed by atoms with E-state index in [-0.39, 0.29) is 11.8 Å². The van der Waals surface area contributed by atoms with Gasteiger partial charge in [0, 0.05) is 11.6 Å². The topological polar surface area (TPSA) is 105 Å². The van der Waals surface area contributed by atoms with E-state index < -0.39 is 11.9 Å². The van der Waals surface area contributed by atoms with Crippen LogP contribution in [0, 0.1) is 5.92 Å². The van der Waals surface area contributed by atoms with Crippen molar-refractivity contribution in [3.8, 4) is 11.5 Å². The van der Waals surface area contributed by atoms with Crippen molar-refractivity contribution in [2.45, 2.75) is 26.3 Å². The van der Waals surface area contributed by atoms with Crippen molar-refractivity contribution in [1.82, 2.24) is 15.3 Å². The summed E-state index contributed by atoms with van der Waals surface area (Å²) in [5.41, 5.74) is 1.91. The third kappa shape index (κ3) is 4.71. The van der Waals surface area contributed by atoms with E-state index in [1.165, 1.54) is 14.2 Å². The van der Waals surface area contributed by atoms with Crippen molar-refractivity contribution < 1.29 is 19.1 Å². The second-order valence-corrected chi connectivity index (χ2v) is 7.03. The number of anilines is 1. The molecule has 0 unspecified atom stereocenters. The number of para-hydroxylation sites is 2. The van der Waals surface area contributed by atoms with E-state index in [9.17, 15) is 9.59 Å². The highest BCUT2D eigenvalue weighted by Crippen LogP contribution is 2.23. The Balaban J connectivity index is 1.80. The highest BCUT2D eigenvalue weighted by atomic mass is 16.5. The van der Waals surface area contributed by atoms with Gasteiger partial charge in [0.2, 0.25) is 11.9 Å².